The molecular formula is C9H10NO4S. The quantitative estimate of drug-likeness (QED) is 0.579. The minimum Gasteiger partial charge on any atom is -0.258 e. The van der Waals surface area contributed by atoms with Crippen molar-refractivity contribution in [3.63, 3.8) is 0 Å². The van der Waals surface area contributed by atoms with E-state index in [1.807, 2.05) is 0 Å². The van der Waals surface area contributed by atoms with Gasteiger partial charge in [0.1, 0.15) is 0 Å². The molecule has 81 valence electrons. The van der Waals surface area contributed by atoms with Gasteiger partial charge in [-0.2, -0.15) is 0 Å². The predicted octanol–water partition coefficient (Wildman–Crippen LogP) is 1.59. The number of hydrogen-bond donors (Lipinski definition) is 0. The average Bonchev–Trinajstić information content (AvgIpc) is 2.18. The van der Waals surface area contributed by atoms with Crippen LogP contribution < -0.4 is 0 Å². The predicted molar refractivity (Wildman–Crippen MR) is 55.1 cm³/mol. The minimum atomic E-state index is -3.43. The number of nitro benzene ring substituents is 1. The maximum Gasteiger partial charge on any atom is 0.270 e. The normalized spacial score (nSPS) is 11.3. The highest BCUT2D eigenvalue weighted by molar-refractivity contribution is 7.91. The molecule has 6 heteroatoms. The van der Waals surface area contributed by atoms with Crippen molar-refractivity contribution >= 4 is 15.5 Å². The average molecular weight is 228 g/mol. The number of nitro groups is 1. The lowest BCUT2D eigenvalue weighted by molar-refractivity contribution is -0.385. The number of hydrogen-bond acceptors (Lipinski definition) is 4. The number of benzene rings is 1. The van der Waals surface area contributed by atoms with Gasteiger partial charge in [0, 0.05) is 12.1 Å². The molecule has 15 heavy (non-hydrogen) atoms. The summed E-state index contributed by atoms with van der Waals surface area (Å²) in [5.74, 6) is -0.117. The van der Waals surface area contributed by atoms with E-state index >= 15 is 0 Å². The van der Waals surface area contributed by atoms with Crippen molar-refractivity contribution in [2.75, 3.05) is 5.75 Å². The van der Waals surface area contributed by atoms with Crippen molar-refractivity contribution < 1.29 is 13.3 Å². The summed E-state index contributed by atoms with van der Waals surface area (Å²) >= 11 is 0. The monoisotopic (exact) mass is 228 g/mol. The molecule has 1 aromatic rings. The summed E-state index contributed by atoms with van der Waals surface area (Å²) in [6.45, 7) is 1.62. The van der Waals surface area contributed by atoms with E-state index < -0.39 is 14.8 Å². The van der Waals surface area contributed by atoms with Crippen LogP contribution in [0.25, 0.3) is 0 Å². The third-order valence-electron chi connectivity index (χ3n) is 1.77. The number of non-ortho nitro benzene ring substituents is 1. The van der Waals surface area contributed by atoms with Crippen molar-refractivity contribution in [1.82, 2.24) is 0 Å². The van der Waals surface area contributed by atoms with Crippen LogP contribution in [0, 0.1) is 16.5 Å². The molecule has 0 spiro atoms. The van der Waals surface area contributed by atoms with Gasteiger partial charge in [0.05, 0.1) is 15.6 Å². The molecule has 0 aliphatic carbocycles. The molecule has 0 atom stereocenters. The van der Waals surface area contributed by atoms with Crippen LogP contribution in [0.3, 0.4) is 0 Å². The summed E-state index contributed by atoms with van der Waals surface area (Å²) in [6, 6.07) is 5.04. The molecule has 0 heterocycles. The van der Waals surface area contributed by atoms with Crippen LogP contribution in [-0.4, -0.2) is 19.1 Å². The van der Waals surface area contributed by atoms with Gasteiger partial charge in [-0.15, -0.1) is 0 Å². The summed E-state index contributed by atoms with van der Waals surface area (Å²) in [5, 5.41) is 10.4. The fraction of sp³-hybridized carbons (Fsp3) is 0.222. The van der Waals surface area contributed by atoms with E-state index in [1.165, 1.54) is 24.6 Å². The van der Waals surface area contributed by atoms with Crippen LogP contribution in [0.5, 0.6) is 0 Å². The molecule has 0 unspecified atom stereocenters. The Balaban J connectivity index is 3.16. The Labute approximate surface area is 87.8 Å². The lowest BCUT2D eigenvalue weighted by Crippen LogP contribution is -2.06. The molecular weight excluding hydrogens is 218 g/mol. The summed E-state index contributed by atoms with van der Waals surface area (Å²) in [5.41, 5.74) is -0.216. The molecule has 0 amide bonds. The fourth-order valence-electron chi connectivity index (χ4n) is 1.11. The molecule has 0 bridgehead atoms. The molecule has 0 saturated heterocycles. The second-order valence-electron chi connectivity index (χ2n) is 2.94. The maximum absolute atomic E-state index is 11.6. The van der Waals surface area contributed by atoms with Gasteiger partial charge < -0.3 is 0 Å². The van der Waals surface area contributed by atoms with Crippen LogP contribution in [0.15, 0.2) is 29.2 Å². The highest BCUT2D eigenvalue weighted by atomic mass is 32.2. The Morgan fingerprint density at radius 3 is 2.67 bits per heavy atom. The Bertz CT molecular complexity index is 467. The SMILES string of the molecule is C[CH]CS(=O)(=O)c1cccc([N+](=O)[O-])c1. The van der Waals surface area contributed by atoms with Crippen LogP contribution in [0.1, 0.15) is 6.92 Å². The minimum absolute atomic E-state index is 0.0187. The molecule has 0 N–H and O–H groups in total. The van der Waals surface area contributed by atoms with Gasteiger partial charge in [-0.3, -0.25) is 10.1 Å². The first kappa shape index (κ1) is 11.6. The van der Waals surface area contributed by atoms with Crippen LogP contribution >= 0.6 is 0 Å². The molecule has 0 saturated carbocycles. The molecule has 1 radical (unpaired) electrons. The molecule has 5 nitrogen and oxygen atoms in total. The van der Waals surface area contributed by atoms with Crippen molar-refractivity contribution in [2.24, 2.45) is 0 Å². The second kappa shape index (κ2) is 4.39. The van der Waals surface area contributed by atoms with Gasteiger partial charge in [-0.25, -0.2) is 8.42 Å². The smallest absolute Gasteiger partial charge is 0.258 e. The standard InChI is InChI=1S/C9H10NO4S/c1-2-6-15(13,14)9-5-3-4-8(7-9)10(11)12/h2-5,7H,6H2,1H3. The van der Waals surface area contributed by atoms with Crippen LogP contribution in [-0.2, 0) is 9.84 Å². The molecule has 0 fully saturated rings. The van der Waals surface area contributed by atoms with E-state index in [4.69, 9.17) is 0 Å². The lowest BCUT2D eigenvalue weighted by atomic mass is 10.3. The largest absolute Gasteiger partial charge is 0.270 e. The first-order chi connectivity index (χ1) is 6.97. The first-order valence-corrected chi connectivity index (χ1v) is 5.87. The fourth-order valence-corrected chi connectivity index (χ4v) is 2.32. The van der Waals surface area contributed by atoms with Crippen molar-refractivity contribution in [1.29, 1.82) is 0 Å². The zero-order valence-electron chi connectivity index (χ0n) is 8.08. The van der Waals surface area contributed by atoms with Crippen molar-refractivity contribution in [2.45, 2.75) is 11.8 Å². The third kappa shape index (κ3) is 2.76. The van der Waals surface area contributed by atoms with Gasteiger partial charge in [0.2, 0.25) is 0 Å². The summed E-state index contributed by atoms with van der Waals surface area (Å²) < 4.78 is 23.1. The Morgan fingerprint density at radius 1 is 1.47 bits per heavy atom. The summed E-state index contributed by atoms with van der Waals surface area (Å²) in [7, 11) is -3.43. The van der Waals surface area contributed by atoms with Gasteiger partial charge in [-0.1, -0.05) is 13.0 Å². The first-order valence-electron chi connectivity index (χ1n) is 4.22. The van der Waals surface area contributed by atoms with Gasteiger partial charge in [0.25, 0.3) is 5.69 Å². The topological polar surface area (TPSA) is 77.3 Å². The maximum atomic E-state index is 11.6. The van der Waals surface area contributed by atoms with Gasteiger partial charge >= 0.3 is 0 Å². The van der Waals surface area contributed by atoms with E-state index in [0.717, 1.165) is 6.07 Å². The molecule has 0 aromatic heterocycles. The second-order valence-corrected chi connectivity index (χ2v) is 4.98. The molecule has 1 aromatic carbocycles. The van der Waals surface area contributed by atoms with E-state index in [2.05, 4.69) is 0 Å². The Kier molecular flexibility index (Phi) is 3.41. The lowest BCUT2D eigenvalue weighted by Gasteiger charge is -2.01. The molecule has 0 aliphatic rings. The Hall–Kier alpha value is -1.43. The van der Waals surface area contributed by atoms with Gasteiger partial charge in [-0.05, 0) is 12.5 Å². The van der Waals surface area contributed by atoms with E-state index in [-0.39, 0.29) is 16.3 Å². The van der Waals surface area contributed by atoms with Crippen LogP contribution in [0.4, 0.5) is 5.69 Å². The number of nitrogens with zero attached hydrogens (tertiary/aromatic N) is 1. The van der Waals surface area contributed by atoms with E-state index in [9.17, 15) is 18.5 Å². The molecule has 0 aliphatic heterocycles. The highest BCUT2D eigenvalue weighted by Crippen LogP contribution is 2.18. The number of rotatable bonds is 4. The van der Waals surface area contributed by atoms with Gasteiger partial charge in [0.15, 0.2) is 9.84 Å². The third-order valence-corrected chi connectivity index (χ3v) is 3.52. The molecule has 1 rings (SSSR count). The summed E-state index contributed by atoms with van der Waals surface area (Å²) in [4.78, 5) is 9.81. The zero-order chi connectivity index (χ0) is 11.5. The number of sulfone groups is 1. The zero-order valence-corrected chi connectivity index (χ0v) is 8.90. The van der Waals surface area contributed by atoms with Crippen LogP contribution in [0.2, 0.25) is 0 Å². The highest BCUT2D eigenvalue weighted by Gasteiger charge is 2.16. The summed E-state index contributed by atoms with van der Waals surface area (Å²) in [6.07, 6.45) is 1.49. The Morgan fingerprint density at radius 2 is 2.13 bits per heavy atom. The van der Waals surface area contributed by atoms with Crippen molar-refractivity contribution in [3.8, 4) is 0 Å². The van der Waals surface area contributed by atoms with E-state index in [1.54, 1.807) is 6.92 Å². The van der Waals surface area contributed by atoms with Crippen molar-refractivity contribution in [3.05, 3.63) is 40.8 Å². The van der Waals surface area contributed by atoms with E-state index in [0.29, 0.717) is 0 Å².